The molecule has 2 aliphatic rings. The Bertz CT molecular complexity index is 1780. The number of carbonyl (C=O) groups excluding carboxylic acids is 1. The quantitative estimate of drug-likeness (QED) is 0.146. The molecule has 1 aliphatic carbocycles. The molecule has 1 spiro atoms. The average Bonchev–Trinajstić information content (AvgIpc) is 3.58. The van der Waals surface area contributed by atoms with Crippen molar-refractivity contribution in [1.29, 1.82) is 0 Å². The van der Waals surface area contributed by atoms with Crippen LogP contribution in [0.4, 0.5) is 0 Å². The standard InChI is InChI=1S/C29H31N4O9P/c1-18(26(36)39-16-19-5-3-2-4-6-19)32-43(38,42-21-7-8-22-20(15-21)9-13-30-22)40-17-23-25(35)29(11-12-29)27(41-23)33-14-10-24(34)31-28(33)37/h2-10,13-15,18,23,25,27,30,35H,11-12,16-17H2,1H3,(H,32,38)(H,31,34,37). The molecule has 5 unspecified atom stereocenters. The van der Waals surface area contributed by atoms with Crippen LogP contribution in [0.3, 0.4) is 0 Å². The molecule has 1 saturated carbocycles. The van der Waals surface area contributed by atoms with Crippen molar-refractivity contribution in [2.45, 2.75) is 50.8 Å². The van der Waals surface area contributed by atoms with E-state index in [1.807, 2.05) is 36.4 Å². The zero-order valence-corrected chi connectivity index (χ0v) is 24.1. The third-order valence-electron chi connectivity index (χ3n) is 7.76. The number of nitrogens with zero attached hydrogens (tertiary/aromatic N) is 1. The smallest absolute Gasteiger partial charge is 0.459 e. The van der Waals surface area contributed by atoms with E-state index in [1.165, 1.54) is 23.8 Å². The van der Waals surface area contributed by atoms with Gasteiger partial charge >= 0.3 is 19.4 Å². The Morgan fingerprint density at radius 3 is 2.72 bits per heavy atom. The Balaban J connectivity index is 1.19. The van der Waals surface area contributed by atoms with Gasteiger partial charge in [-0.2, -0.15) is 5.09 Å². The van der Waals surface area contributed by atoms with Crippen molar-refractivity contribution in [2.75, 3.05) is 6.61 Å². The molecule has 2 aromatic carbocycles. The molecule has 0 radical (unpaired) electrons. The Labute approximate surface area is 245 Å². The van der Waals surface area contributed by atoms with Crippen LogP contribution in [-0.4, -0.2) is 50.5 Å². The lowest BCUT2D eigenvalue weighted by atomic mass is 9.96. The van der Waals surface area contributed by atoms with Gasteiger partial charge in [0.05, 0.1) is 12.7 Å². The van der Waals surface area contributed by atoms with Crippen LogP contribution in [0, 0.1) is 5.41 Å². The number of hydrogen-bond donors (Lipinski definition) is 4. The van der Waals surface area contributed by atoms with Crippen molar-refractivity contribution >= 4 is 24.6 Å². The van der Waals surface area contributed by atoms with Crippen LogP contribution in [0.2, 0.25) is 0 Å². The van der Waals surface area contributed by atoms with Crippen LogP contribution in [0.15, 0.2) is 82.6 Å². The Kier molecular flexibility index (Phi) is 7.84. The summed E-state index contributed by atoms with van der Waals surface area (Å²) in [6, 6.07) is 16.1. The Morgan fingerprint density at radius 2 is 1.98 bits per heavy atom. The number of aliphatic hydroxyl groups is 1. The molecular formula is C29H31N4O9P. The van der Waals surface area contributed by atoms with Gasteiger partial charge in [0.2, 0.25) is 0 Å². The fourth-order valence-electron chi connectivity index (χ4n) is 5.30. The first-order valence-electron chi connectivity index (χ1n) is 13.8. The van der Waals surface area contributed by atoms with Gasteiger partial charge in [0.1, 0.15) is 30.7 Å². The zero-order valence-electron chi connectivity index (χ0n) is 23.2. The second-order valence-corrected chi connectivity index (χ2v) is 12.5. The van der Waals surface area contributed by atoms with E-state index in [9.17, 15) is 24.1 Å². The lowest BCUT2D eigenvalue weighted by Crippen LogP contribution is -2.37. The number of hydrogen-bond acceptors (Lipinski definition) is 9. The number of aromatic nitrogens is 3. The molecule has 6 rings (SSSR count). The summed E-state index contributed by atoms with van der Waals surface area (Å²) in [5.41, 5.74) is -0.354. The molecule has 5 atom stereocenters. The number of rotatable bonds is 11. The lowest BCUT2D eigenvalue weighted by Gasteiger charge is -2.25. The van der Waals surface area contributed by atoms with Gasteiger partial charge in [0.25, 0.3) is 5.56 Å². The maximum absolute atomic E-state index is 14.1. The van der Waals surface area contributed by atoms with Gasteiger partial charge in [0.15, 0.2) is 0 Å². The zero-order chi connectivity index (χ0) is 30.2. The number of ether oxygens (including phenoxy) is 2. The van der Waals surface area contributed by atoms with E-state index in [2.05, 4.69) is 15.1 Å². The second-order valence-electron chi connectivity index (χ2n) is 10.8. The van der Waals surface area contributed by atoms with Crippen molar-refractivity contribution in [3.8, 4) is 5.75 Å². The largest absolute Gasteiger partial charge is 0.460 e. The fourth-order valence-corrected chi connectivity index (χ4v) is 6.79. The van der Waals surface area contributed by atoms with Gasteiger partial charge < -0.3 is 24.1 Å². The predicted molar refractivity (Wildman–Crippen MR) is 154 cm³/mol. The van der Waals surface area contributed by atoms with E-state index < -0.39 is 54.9 Å². The third-order valence-corrected chi connectivity index (χ3v) is 9.40. The van der Waals surface area contributed by atoms with Crippen molar-refractivity contribution in [3.63, 3.8) is 0 Å². The monoisotopic (exact) mass is 610 g/mol. The third kappa shape index (κ3) is 6.08. The number of fused-ring (bicyclic) bond motifs is 1. The van der Waals surface area contributed by atoms with Crippen molar-refractivity contribution in [2.24, 2.45) is 5.41 Å². The van der Waals surface area contributed by atoms with E-state index >= 15 is 0 Å². The first-order valence-corrected chi connectivity index (χ1v) is 15.3. The number of nitrogens with one attached hydrogen (secondary N) is 3. The summed E-state index contributed by atoms with van der Waals surface area (Å²) in [4.78, 5) is 42.1. The summed E-state index contributed by atoms with van der Waals surface area (Å²) in [6.07, 6.45) is 1.31. The first kappa shape index (κ1) is 29.1. The van der Waals surface area contributed by atoms with E-state index in [4.69, 9.17) is 18.5 Å². The SMILES string of the molecule is CC(NP(=O)(OCC1OC(n2ccc(=O)[nH]c2=O)C2(CC2)C1O)Oc1ccc2[nH]ccc2c1)C(=O)OCc1ccccc1. The van der Waals surface area contributed by atoms with Crippen LogP contribution in [0.1, 0.15) is 31.6 Å². The molecule has 13 nitrogen and oxygen atoms in total. The van der Waals surface area contributed by atoms with Gasteiger partial charge in [0, 0.05) is 34.8 Å². The maximum atomic E-state index is 14.1. The molecule has 14 heteroatoms. The summed E-state index contributed by atoms with van der Waals surface area (Å²) in [5, 5.41) is 14.6. The molecule has 1 aliphatic heterocycles. The first-order chi connectivity index (χ1) is 20.7. The molecule has 4 N–H and O–H groups in total. The Morgan fingerprint density at radius 1 is 1.19 bits per heavy atom. The number of aromatic amines is 2. The number of benzene rings is 2. The molecule has 0 bridgehead atoms. The van der Waals surface area contributed by atoms with E-state index in [-0.39, 0.29) is 19.0 Å². The summed E-state index contributed by atoms with van der Waals surface area (Å²) in [5.74, 6) is -0.457. The lowest BCUT2D eigenvalue weighted by molar-refractivity contribution is -0.146. The fraction of sp³-hybridized carbons (Fsp3) is 0.345. The van der Waals surface area contributed by atoms with Crippen LogP contribution in [0.5, 0.6) is 5.75 Å². The average molecular weight is 611 g/mol. The number of H-pyrrole nitrogens is 2. The van der Waals surface area contributed by atoms with Crippen LogP contribution < -0.4 is 20.9 Å². The summed E-state index contributed by atoms with van der Waals surface area (Å²) in [6.45, 7) is 1.11. The second kappa shape index (κ2) is 11.6. The summed E-state index contributed by atoms with van der Waals surface area (Å²) >= 11 is 0. The molecule has 43 heavy (non-hydrogen) atoms. The summed E-state index contributed by atoms with van der Waals surface area (Å²) < 4.78 is 38.4. The minimum Gasteiger partial charge on any atom is -0.460 e. The van der Waals surface area contributed by atoms with Crippen molar-refractivity contribution in [3.05, 3.63) is 99.5 Å². The number of aliphatic hydroxyl groups excluding tert-OH is 1. The van der Waals surface area contributed by atoms with Crippen molar-refractivity contribution in [1.82, 2.24) is 19.6 Å². The Hall–Kier alpha value is -4.00. The number of carbonyl (C=O) groups is 1. The van der Waals surface area contributed by atoms with Gasteiger partial charge in [-0.3, -0.25) is 23.7 Å². The normalized spacial score (nSPS) is 22.7. The predicted octanol–water partition coefficient (Wildman–Crippen LogP) is 2.98. The number of esters is 1. The topological polar surface area (TPSA) is 174 Å². The van der Waals surface area contributed by atoms with Gasteiger partial charge in [-0.1, -0.05) is 30.3 Å². The van der Waals surface area contributed by atoms with E-state index in [0.717, 1.165) is 16.5 Å². The molecule has 0 amide bonds. The minimum atomic E-state index is -4.28. The van der Waals surface area contributed by atoms with Crippen LogP contribution in [0.25, 0.3) is 10.9 Å². The van der Waals surface area contributed by atoms with E-state index in [1.54, 1.807) is 24.4 Å². The van der Waals surface area contributed by atoms with Gasteiger partial charge in [-0.15, -0.1) is 0 Å². The van der Waals surface area contributed by atoms with Gasteiger partial charge in [-0.05, 0) is 49.6 Å². The highest BCUT2D eigenvalue weighted by Gasteiger charge is 2.64. The van der Waals surface area contributed by atoms with E-state index in [0.29, 0.717) is 12.8 Å². The highest BCUT2D eigenvalue weighted by atomic mass is 31.2. The maximum Gasteiger partial charge on any atom is 0.459 e. The van der Waals surface area contributed by atoms with Gasteiger partial charge in [-0.25, -0.2) is 9.36 Å². The molecule has 4 aromatic rings. The molecular weight excluding hydrogens is 579 g/mol. The summed E-state index contributed by atoms with van der Waals surface area (Å²) in [7, 11) is -4.28. The van der Waals surface area contributed by atoms with Crippen LogP contribution >= 0.6 is 7.75 Å². The highest BCUT2D eigenvalue weighted by molar-refractivity contribution is 7.52. The highest BCUT2D eigenvalue weighted by Crippen LogP contribution is 2.62. The van der Waals surface area contributed by atoms with Crippen LogP contribution in [-0.2, 0) is 30.0 Å². The molecule has 1 saturated heterocycles. The molecule has 3 heterocycles. The molecule has 2 aromatic heterocycles. The minimum absolute atomic E-state index is 0.0254. The van der Waals surface area contributed by atoms with Crippen molar-refractivity contribution < 1.29 is 33.0 Å². The molecule has 2 fully saturated rings. The molecule has 226 valence electrons.